The Hall–Kier alpha value is -2.18. The fourth-order valence-electron chi connectivity index (χ4n) is 1.65. The van der Waals surface area contributed by atoms with E-state index in [9.17, 15) is 18.0 Å². The maximum Gasteiger partial charge on any atom is 0.389 e. The van der Waals surface area contributed by atoms with Crippen molar-refractivity contribution in [3.63, 3.8) is 0 Å². The number of carbonyl (C=O) groups is 1. The SMILES string of the molecule is O=C(CCCC(F)(F)F)c1cnn(-c2ccccc2)n1. The molecule has 4 nitrogen and oxygen atoms in total. The molecule has 1 aromatic carbocycles. The van der Waals surface area contributed by atoms with E-state index in [1.54, 1.807) is 24.3 Å². The summed E-state index contributed by atoms with van der Waals surface area (Å²) >= 11 is 0. The van der Waals surface area contributed by atoms with Gasteiger partial charge in [-0.05, 0) is 18.6 Å². The lowest BCUT2D eigenvalue weighted by molar-refractivity contribution is -0.135. The highest BCUT2D eigenvalue weighted by Gasteiger charge is 2.26. The van der Waals surface area contributed by atoms with E-state index in [1.807, 2.05) is 6.07 Å². The highest BCUT2D eigenvalue weighted by molar-refractivity contribution is 5.93. The van der Waals surface area contributed by atoms with Crippen LogP contribution < -0.4 is 0 Å². The molecule has 1 aromatic heterocycles. The molecule has 0 spiro atoms. The van der Waals surface area contributed by atoms with Gasteiger partial charge in [-0.25, -0.2) is 0 Å². The normalized spacial score (nSPS) is 11.6. The van der Waals surface area contributed by atoms with Crippen molar-refractivity contribution in [1.82, 2.24) is 15.0 Å². The first-order chi connectivity index (χ1) is 9.46. The number of benzene rings is 1. The number of aromatic nitrogens is 3. The first kappa shape index (κ1) is 14.2. The van der Waals surface area contributed by atoms with Gasteiger partial charge >= 0.3 is 6.18 Å². The van der Waals surface area contributed by atoms with Crippen molar-refractivity contribution in [2.75, 3.05) is 0 Å². The third-order valence-electron chi connectivity index (χ3n) is 2.63. The standard InChI is InChI=1S/C13H12F3N3O/c14-13(15,16)8-4-7-12(20)11-9-17-19(18-11)10-5-2-1-3-6-10/h1-3,5-6,9H,4,7-8H2. The molecule has 0 fully saturated rings. The molecule has 0 aliphatic heterocycles. The summed E-state index contributed by atoms with van der Waals surface area (Å²) in [6.45, 7) is 0. The van der Waals surface area contributed by atoms with Gasteiger partial charge in [0.15, 0.2) is 5.78 Å². The second-order valence-electron chi connectivity index (χ2n) is 4.25. The largest absolute Gasteiger partial charge is 0.389 e. The number of halogens is 3. The summed E-state index contributed by atoms with van der Waals surface area (Å²) < 4.78 is 36.0. The smallest absolute Gasteiger partial charge is 0.292 e. The second-order valence-corrected chi connectivity index (χ2v) is 4.25. The van der Waals surface area contributed by atoms with E-state index in [0.717, 1.165) is 0 Å². The van der Waals surface area contributed by atoms with E-state index >= 15 is 0 Å². The topological polar surface area (TPSA) is 47.8 Å². The van der Waals surface area contributed by atoms with Gasteiger partial charge in [0.25, 0.3) is 0 Å². The highest BCUT2D eigenvalue weighted by atomic mass is 19.4. The van der Waals surface area contributed by atoms with Gasteiger partial charge in [0.1, 0.15) is 5.69 Å². The fraction of sp³-hybridized carbons (Fsp3) is 0.308. The number of para-hydroxylation sites is 1. The maximum atomic E-state index is 12.0. The van der Waals surface area contributed by atoms with Crippen molar-refractivity contribution >= 4 is 5.78 Å². The van der Waals surface area contributed by atoms with E-state index in [1.165, 1.54) is 11.0 Å². The van der Waals surface area contributed by atoms with Crippen LogP contribution in [0.2, 0.25) is 0 Å². The van der Waals surface area contributed by atoms with E-state index in [2.05, 4.69) is 10.2 Å². The van der Waals surface area contributed by atoms with E-state index in [4.69, 9.17) is 0 Å². The third kappa shape index (κ3) is 3.91. The number of Topliss-reactive ketones (excluding diaryl/α,β-unsaturated/α-hetero) is 1. The number of alkyl halides is 3. The lowest BCUT2D eigenvalue weighted by Crippen LogP contribution is -2.09. The minimum absolute atomic E-state index is 0.0797. The molecule has 0 atom stereocenters. The number of rotatable bonds is 5. The van der Waals surface area contributed by atoms with Gasteiger partial charge < -0.3 is 0 Å². The molecule has 0 N–H and O–H groups in total. The summed E-state index contributed by atoms with van der Waals surface area (Å²) in [5.74, 6) is -0.434. The average molecular weight is 283 g/mol. The van der Waals surface area contributed by atoms with E-state index in [-0.39, 0.29) is 18.5 Å². The molecular weight excluding hydrogens is 271 g/mol. The van der Waals surface area contributed by atoms with Gasteiger partial charge in [0, 0.05) is 12.8 Å². The lowest BCUT2D eigenvalue weighted by atomic mass is 10.1. The summed E-state index contributed by atoms with van der Waals surface area (Å²) in [5.41, 5.74) is 0.762. The summed E-state index contributed by atoms with van der Waals surface area (Å²) in [5, 5.41) is 7.90. The zero-order chi connectivity index (χ0) is 14.6. The molecule has 106 valence electrons. The first-order valence-corrected chi connectivity index (χ1v) is 6.03. The Kier molecular flexibility index (Phi) is 4.16. The molecule has 7 heteroatoms. The molecular formula is C13H12F3N3O. The molecule has 0 saturated carbocycles. The van der Waals surface area contributed by atoms with Crippen molar-refractivity contribution in [1.29, 1.82) is 0 Å². The van der Waals surface area contributed by atoms with Gasteiger partial charge in [0.2, 0.25) is 0 Å². The average Bonchev–Trinajstić information content (AvgIpc) is 2.88. The van der Waals surface area contributed by atoms with Gasteiger partial charge in [0.05, 0.1) is 11.9 Å². The van der Waals surface area contributed by atoms with Gasteiger partial charge in [-0.1, -0.05) is 18.2 Å². The molecule has 2 aromatic rings. The molecule has 0 unspecified atom stereocenters. The Morgan fingerprint density at radius 1 is 1.20 bits per heavy atom. The quantitative estimate of drug-likeness (QED) is 0.792. The van der Waals surface area contributed by atoms with E-state index in [0.29, 0.717) is 5.69 Å². The molecule has 0 aliphatic rings. The van der Waals surface area contributed by atoms with Crippen molar-refractivity contribution in [2.24, 2.45) is 0 Å². The maximum absolute atomic E-state index is 12.0. The summed E-state index contributed by atoms with van der Waals surface area (Å²) in [6.07, 6.45) is -4.36. The second kappa shape index (κ2) is 5.85. The fourth-order valence-corrected chi connectivity index (χ4v) is 1.65. The Labute approximate surface area is 113 Å². The van der Waals surface area contributed by atoms with Gasteiger partial charge in [-0.2, -0.15) is 23.1 Å². The molecule has 1 heterocycles. The van der Waals surface area contributed by atoms with E-state index < -0.39 is 18.4 Å². The Morgan fingerprint density at radius 3 is 2.55 bits per heavy atom. The number of hydrogen-bond acceptors (Lipinski definition) is 3. The minimum Gasteiger partial charge on any atom is -0.292 e. The number of nitrogens with zero attached hydrogens (tertiary/aromatic N) is 3. The van der Waals surface area contributed by atoms with Crippen LogP contribution >= 0.6 is 0 Å². The summed E-state index contributed by atoms with van der Waals surface area (Å²) in [4.78, 5) is 13.0. The van der Waals surface area contributed by atoms with Crippen LogP contribution in [0, 0.1) is 0 Å². The van der Waals surface area contributed by atoms with Crippen LogP contribution in [0.1, 0.15) is 29.8 Å². The lowest BCUT2D eigenvalue weighted by Gasteiger charge is -2.03. The van der Waals surface area contributed by atoms with Crippen LogP contribution in [-0.2, 0) is 0 Å². The minimum atomic E-state index is -4.23. The van der Waals surface area contributed by atoms with Crippen LogP contribution in [0.25, 0.3) is 5.69 Å². The number of ketones is 1. The molecule has 0 aliphatic carbocycles. The zero-order valence-electron chi connectivity index (χ0n) is 10.5. The molecule has 0 bridgehead atoms. The molecule has 0 saturated heterocycles. The van der Waals surface area contributed by atoms with Gasteiger partial charge in [-0.3, -0.25) is 4.79 Å². The molecule has 0 amide bonds. The highest BCUT2D eigenvalue weighted by Crippen LogP contribution is 2.22. The molecule has 0 radical (unpaired) electrons. The molecule has 2 rings (SSSR count). The van der Waals surface area contributed by atoms with Crippen LogP contribution in [0.3, 0.4) is 0 Å². The number of hydrogen-bond donors (Lipinski definition) is 0. The van der Waals surface area contributed by atoms with Crippen LogP contribution in [0.5, 0.6) is 0 Å². The van der Waals surface area contributed by atoms with Crippen molar-refractivity contribution in [3.05, 3.63) is 42.2 Å². The number of carbonyl (C=O) groups excluding carboxylic acids is 1. The van der Waals surface area contributed by atoms with Crippen molar-refractivity contribution in [3.8, 4) is 5.69 Å². The summed E-state index contributed by atoms with van der Waals surface area (Å²) in [6, 6.07) is 8.94. The zero-order valence-corrected chi connectivity index (χ0v) is 10.5. The Balaban J connectivity index is 1.97. The molecule has 20 heavy (non-hydrogen) atoms. The van der Waals surface area contributed by atoms with Crippen LogP contribution in [0.15, 0.2) is 36.5 Å². The monoisotopic (exact) mass is 283 g/mol. The Bertz CT molecular complexity index is 578. The third-order valence-corrected chi connectivity index (χ3v) is 2.63. The first-order valence-electron chi connectivity index (χ1n) is 6.03. The Morgan fingerprint density at radius 2 is 1.90 bits per heavy atom. The van der Waals surface area contributed by atoms with Crippen molar-refractivity contribution in [2.45, 2.75) is 25.4 Å². The van der Waals surface area contributed by atoms with Gasteiger partial charge in [-0.15, -0.1) is 5.10 Å². The van der Waals surface area contributed by atoms with Crippen LogP contribution in [-0.4, -0.2) is 27.0 Å². The van der Waals surface area contributed by atoms with Crippen molar-refractivity contribution < 1.29 is 18.0 Å². The van der Waals surface area contributed by atoms with Crippen LogP contribution in [0.4, 0.5) is 13.2 Å². The predicted octanol–water partition coefficient (Wildman–Crippen LogP) is 3.18. The predicted molar refractivity (Wildman–Crippen MR) is 65.6 cm³/mol. The summed E-state index contributed by atoms with van der Waals surface area (Å²) in [7, 11) is 0.